The van der Waals surface area contributed by atoms with Crippen molar-refractivity contribution in [1.82, 2.24) is 19.6 Å². The standard InChI is InChI=1S/C18H16F3N5O3/c1-3-29-15(28)10-25(11(2)27)17-23-14-7-8-22-16(26(14)24-17)12-5-4-6-13(9-12)18(19,20)21/h4-9H,3,10H2,1-2H3. The van der Waals surface area contributed by atoms with E-state index in [2.05, 4.69) is 15.1 Å². The molecule has 0 saturated carbocycles. The average molecular weight is 407 g/mol. The second-order valence-electron chi connectivity index (χ2n) is 5.94. The number of ether oxygens (including phenoxy) is 1. The summed E-state index contributed by atoms with van der Waals surface area (Å²) in [5, 5.41) is 4.17. The Morgan fingerprint density at radius 3 is 2.66 bits per heavy atom. The van der Waals surface area contributed by atoms with Crippen molar-refractivity contribution in [2.24, 2.45) is 0 Å². The number of anilines is 1. The molecule has 1 amide bonds. The summed E-state index contributed by atoms with van der Waals surface area (Å²) in [6, 6.07) is 6.10. The molecule has 1 aromatic carbocycles. The molecule has 3 rings (SSSR count). The number of alkyl halides is 3. The summed E-state index contributed by atoms with van der Waals surface area (Å²) in [4.78, 5) is 33.0. The molecule has 8 nitrogen and oxygen atoms in total. The van der Waals surface area contributed by atoms with Crippen molar-refractivity contribution in [3.63, 3.8) is 0 Å². The average Bonchev–Trinajstić information content (AvgIpc) is 3.09. The summed E-state index contributed by atoms with van der Waals surface area (Å²) in [7, 11) is 0. The number of hydrogen-bond donors (Lipinski definition) is 0. The summed E-state index contributed by atoms with van der Waals surface area (Å²) in [5.74, 6) is -1.13. The Balaban J connectivity index is 2.06. The third-order valence-corrected chi connectivity index (χ3v) is 3.90. The van der Waals surface area contributed by atoms with Crippen LogP contribution in [0.15, 0.2) is 36.5 Å². The summed E-state index contributed by atoms with van der Waals surface area (Å²) >= 11 is 0. The van der Waals surface area contributed by atoms with Crippen LogP contribution in [0.1, 0.15) is 19.4 Å². The van der Waals surface area contributed by atoms with Gasteiger partial charge in [-0.05, 0) is 19.1 Å². The van der Waals surface area contributed by atoms with Gasteiger partial charge in [0.05, 0.1) is 12.2 Å². The number of rotatable bonds is 5. The van der Waals surface area contributed by atoms with E-state index in [1.807, 2.05) is 0 Å². The highest BCUT2D eigenvalue weighted by Crippen LogP contribution is 2.31. The monoisotopic (exact) mass is 407 g/mol. The van der Waals surface area contributed by atoms with Crippen molar-refractivity contribution in [3.05, 3.63) is 42.1 Å². The second-order valence-corrected chi connectivity index (χ2v) is 5.94. The van der Waals surface area contributed by atoms with Crippen molar-refractivity contribution in [1.29, 1.82) is 0 Å². The molecule has 29 heavy (non-hydrogen) atoms. The fourth-order valence-electron chi connectivity index (χ4n) is 2.61. The third kappa shape index (κ3) is 4.33. The minimum Gasteiger partial charge on any atom is -0.465 e. The predicted molar refractivity (Wildman–Crippen MR) is 95.9 cm³/mol. The molecule has 0 atom stereocenters. The third-order valence-electron chi connectivity index (χ3n) is 3.90. The molecule has 2 aromatic heterocycles. The van der Waals surface area contributed by atoms with Gasteiger partial charge in [-0.3, -0.25) is 14.5 Å². The van der Waals surface area contributed by atoms with Crippen LogP contribution in [-0.2, 0) is 20.5 Å². The molecule has 152 valence electrons. The molecule has 0 aliphatic rings. The van der Waals surface area contributed by atoms with Gasteiger partial charge in [0.2, 0.25) is 5.91 Å². The molecule has 0 spiro atoms. The van der Waals surface area contributed by atoms with Gasteiger partial charge in [0.1, 0.15) is 6.54 Å². The van der Waals surface area contributed by atoms with Crippen molar-refractivity contribution in [3.8, 4) is 11.4 Å². The van der Waals surface area contributed by atoms with Gasteiger partial charge in [-0.1, -0.05) is 12.1 Å². The maximum Gasteiger partial charge on any atom is 0.416 e. The van der Waals surface area contributed by atoms with Crippen molar-refractivity contribution in [2.45, 2.75) is 20.0 Å². The Hall–Kier alpha value is -3.50. The highest BCUT2D eigenvalue weighted by atomic mass is 19.4. The normalized spacial score (nSPS) is 11.5. The highest BCUT2D eigenvalue weighted by molar-refractivity contribution is 5.94. The number of fused-ring (bicyclic) bond motifs is 1. The summed E-state index contributed by atoms with van der Waals surface area (Å²) in [6.45, 7) is 2.61. The van der Waals surface area contributed by atoms with Crippen molar-refractivity contribution < 1.29 is 27.5 Å². The maximum absolute atomic E-state index is 13.0. The number of carbonyl (C=O) groups is 2. The van der Waals surface area contributed by atoms with E-state index in [-0.39, 0.29) is 29.6 Å². The van der Waals surface area contributed by atoms with Gasteiger partial charge in [0, 0.05) is 24.8 Å². The van der Waals surface area contributed by atoms with Crippen LogP contribution in [-0.4, -0.2) is 44.6 Å². The van der Waals surface area contributed by atoms with Crippen LogP contribution in [0.25, 0.3) is 17.0 Å². The Bertz CT molecular complexity index is 1060. The molecule has 0 fully saturated rings. The Morgan fingerprint density at radius 2 is 2.00 bits per heavy atom. The van der Waals surface area contributed by atoms with Gasteiger partial charge < -0.3 is 4.74 Å². The van der Waals surface area contributed by atoms with E-state index >= 15 is 0 Å². The lowest BCUT2D eigenvalue weighted by Crippen LogP contribution is -2.35. The van der Waals surface area contributed by atoms with Gasteiger partial charge in [-0.15, -0.1) is 5.10 Å². The molecule has 2 heterocycles. The lowest BCUT2D eigenvalue weighted by molar-refractivity contribution is -0.142. The zero-order valence-electron chi connectivity index (χ0n) is 15.5. The number of amides is 1. The minimum absolute atomic E-state index is 0.0909. The first-order chi connectivity index (χ1) is 13.7. The smallest absolute Gasteiger partial charge is 0.416 e. The van der Waals surface area contributed by atoms with Crippen LogP contribution in [0.4, 0.5) is 19.1 Å². The van der Waals surface area contributed by atoms with E-state index in [1.165, 1.54) is 35.8 Å². The zero-order chi connectivity index (χ0) is 21.2. The van der Waals surface area contributed by atoms with Gasteiger partial charge in [0.15, 0.2) is 11.5 Å². The first-order valence-electron chi connectivity index (χ1n) is 8.54. The molecule has 0 bridgehead atoms. The number of esters is 1. The van der Waals surface area contributed by atoms with E-state index in [0.29, 0.717) is 0 Å². The predicted octanol–water partition coefficient (Wildman–Crippen LogP) is 2.73. The van der Waals surface area contributed by atoms with Gasteiger partial charge in [-0.2, -0.15) is 22.7 Å². The lowest BCUT2D eigenvalue weighted by Gasteiger charge is -2.15. The first-order valence-corrected chi connectivity index (χ1v) is 8.54. The molecule has 0 aliphatic carbocycles. The second kappa shape index (κ2) is 7.86. The lowest BCUT2D eigenvalue weighted by atomic mass is 10.1. The maximum atomic E-state index is 13.0. The first kappa shape index (κ1) is 20.2. The Morgan fingerprint density at radius 1 is 1.24 bits per heavy atom. The zero-order valence-corrected chi connectivity index (χ0v) is 15.5. The van der Waals surface area contributed by atoms with Gasteiger partial charge in [0.25, 0.3) is 5.95 Å². The van der Waals surface area contributed by atoms with E-state index in [0.717, 1.165) is 17.0 Å². The number of aromatic nitrogens is 4. The van der Waals surface area contributed by atoms with Gasteiger partial charge in [-0.25, -0.2) is 4.98 Å². The van der Waals surface area contributed by atoms with Crippen LogP contribution in [0.5, 0.6) is 0 Å². The van der Waals surface area contributed by atoms with E-state index in [9.17, 15) is 22.8 Å². The highest BCUT2D eigenvalue weighted by Gasteiger charge is 2.31. The SMILES string of the molecule is CCOC(=O)CN(C(C)=O)c1nc2ccnc(-c3cccc(C(F)(F)F)c3)n2n1. The van der Waals surface area contributed by atoms with Crippen LogP contribution >= 0.6 is 0 Å². The number of carbonyl (C=O) groups excluding carboxylic acids is 2. The largest absolute Gasteiger partial charge is 0.465 e. The van der Waals surface area contributed by atoms with Crippen LogP contribution in [0, 0.1) is 0 Å². The van der Waals surface area contributed by atoms with Crippen LogP contribution in [0.2, 0.25) is 0 Å². The molecule has 0 N–H and O–H groups in total. The van der Waals surface area contributed by atoms with E-state index in [4.69, 9.17) is 4.74 Å². The molecular formula is C18H16F3N5O3. The molecule has 0 unspecified atom stereocenters. The van der Waals surface area contributed by atoms with E-state index < -0.39 is 30.2 Å². The summed E-state index contributed by atoms with van der Waals surface area (Å²) < 4.78 is 45.2. The van der Waals surface area contributed by atoms with Gasteiger partial charge >= 0.3 is 12.1 Å². The Kier molecular flexibility index (Phi) is 5.48. The van der Waals surface area contributed by atoms with Crippen LogP contribution in [0.3, 0.4) is 0 Å². The van der Waals surface area contributed by atoms with Crippen LogP contribution < -0.4 is 4.90 Å². The molecule has 0 aliphatic heterocycles. The van der Waals surface area contributed by atoms with Crippen molar-refractivity contribution >= 4 is 23.5 Å². The molecule has 0 radical (unpaired) electrons. The fraction of sp³-hybridized carbons (Fsp3) is 0.278. The molecule has 0 saturated heterocycles. The fourth-order valence-corrected chi connectivity index (χ4v) is 2.61. The summed E-state index contributed by atoms with van der Waals surface area (Å²) in [6.07, 6.45) is -3.14. The Labute approximate surface area is 162 Å². The molecular weight excluding hydrogens is 391 g/mol. The number of hydrogen-bond acceptors (Lipinski definition) is 6. The number of benzene rings is 1. The van der Waals surface area contributed by atoms with Crippen molar-refractivity contribution in [2.75, 3.05) is 18.1 Å². The number of halogens is 3. The molecule has 3 aromatic rings. The topological polar surface area (TPSA) is 89.7 Å². The quantitative estimate of drug-likeness (QED) is 0.604. The molecule has 11 heteroatoms. The minimum atomic E-state index is -4.51. The number of nitrogens with zero attached hydrogens (tertiary/aromatic N) is 5. The van der Waals surface area contributed by atoms with E-state index in [1.54, 1.807) is 6.92 Å². The summed E-state index contributed by atoms with van der Waals surface area (Å²) in [5.41, 5.74) is -0.416.